The molecule has 0 heterocycles. The molecule has 0 fully saturated rings. The van der Waals surface area contributed by atoms with Crippen molar-refractivity contribution in [1.29, 1.82) is 5.41 Å². The van der Waals surface area contributed by atoms with Crippen LogP contribution in [0.5, 0.6) is 5.75 Å². The van der Waals surface area contributed by atoms with E-state index in [-0.39, 0.29) is 24.5 Å². The SMILES string of the molecule is CC(N=Cc1ccccc1O)C(C)(O)CC(=N)C(=O)OCc1ccccc1. The quantitative estimate of drug-likeness (QED) is 0.492. The molecule has 0 aromatic heterocycles. The number of aliphatic hydroxyl groups is 1. The second-order valence-electron chi connectivity index (χ2n) is 6.59. The molecule has 2 atom stereocenters. The summed E-state index contributed by atoms with van der Waals surface area (Å²) in [4.78, 5) is 16.3. The zero-order valence-electron chi connectivity index (χ0n) is 15.4. The number of carbonyl (C=O) groups excluding carboxylic acids is 1. The fraction of sp³-hybridized carbons (Fsp3) is 0.286. The molecular formula is C21H24N2O4. The van der Waals surface area contributed by atoms with Crippen LogP contribution in [-0.4, -0.2) is 39.8 Å². The van der Waals surface area contributed by atoms with Crippen molar-refractivity contribution >= 4 is 17.9 Å². The van der Waals surface area contributed by atoms with E-state index >= 15 is 0 Å². The van der Waals surface area contributed by atoms with Crippen LogP contribution in [0.1, 0.15) is 31.4 Å². The Labute approximate surface area is 158 Å². The first-order valence-electron chi connectivity index (χ1n) is 8.61. The fourth-order valence-corrected chi connectivity index (χ4v) is 2.34. The van der Waals surface area contributed by atoms with Crippen molar-refractivity contribution in [1.82, 2.24) is 0 Å². The van der Waals surface area contributed by atoms with Crippen LogP contribution in [0.25, 0.3) is 0 Å². The van der Waals surface area contributed by atoms with E-state index in [2.05, 4.69) is 4.99 Å². The number of carbonyl (C=O) groups is 1. The molecule has 27 heavy (non-hydrogen) atoms. The van der Waals surface area contributed by atoms with Gasteiger partial charge in [-0.2, -0.15) is 0 Å². The minimum atomic E-state index is -1.41. The smallest absolute Gasteiger partial charge is 0.352 e. The lowest BCUT2D eigenvalue weighted by atomic mass is 9.91. The average Bonchev–Trinajstić information content (AvgIpc) is 2.65. The Morgan fingerprint density at radius 1 is 1.22 bits per heavy atom. The van der Waals surface area contributed by atoms with Gasteiger partial charge in [0.2, 0.25) is 0 Å². The highest BCUT2D eigenvalue weighted by molar-refractivity contribution is 6.35. The van der Waals surface area contributed by atoms with Crippen LogP contribution >= 0.6 is 0 Å². The number of nitrogens with zero attached hydrogens (tertiary/aromatic N) is 1. The van der Waals surface area contributed by atoms with E-state index in [0.717, 1.165) is 5.56 Å². The van der Waals surface area contributed by atoms with E-state index in [1.807, 2.05) is 30.3 Å². The molecule has 0 aliphatic heterocycles. The van der Waals surface area contributed by atoms with Gasteiger partial charge in [-0.3, -0.25) is 10.4 Å². The molecule has 2 aromatic rings. The van der Waals surface area contributed by atoms with Gasteiger partial charge in [0.25, 0.3) is 0 Å². The summed E-state index contributed by atoms with van der Waals surface area (Å²) in [6, 6.07) is 15.3. The molecule has 0 aliphatic carbocycles. The van der Waals surface area contributed by atoms with Crippen molar-refractivity contribution in [2.75, 3.05) is 0 Å². The lowest BCUT2D eigenvalue weighted by Crippen LogP contribution is -2.40. The van der Waals surface area contributed by atoms with Gasteiger partial charge < -0.3 is 14.9 Å². The van der Waals surface area contributed by atoms with Gasteiger partial charge in [-0.05, 0) is 31.5 Å². The van der Waals surface area contributed by atoms with Gasteiger partial charge in [-0.25, -0.2) is 4.79 Å². The van der Waals surface area contributed by atoms with Gasteiger partial charge in [-0.15, -0.1) is 0 Å². The maximum absolute atomic E-state index is 12.0. The molecule has 2 rings (SSSR count). The maximum Gasteiger partial charge on any atom is 0.352 e. The number of phenols is 1. The second-order valence-corrected chi connectivity index (χ2v) is 6.59. The summed E-state index contributed by atoms with van der Waals surface area (Å²) in [5, 5.41) is 28.3. The Hall–Kier alpha value is -2.99. The third kappa shape index (κ3) is 6.04. The molecule has 0 saturated heterocycles. The van der Waals surface area contributed by atoms with Gasteiger partial charge in [0.05, 0.1) is 11.6 Å². The summed E-state index contributed by atoms with van der Waals surface area (Å²) in [6.45, 7) is 3.27. The summed E-state index contributed by atoms with van der Waals surface area (Å²) in [6.07, 6.45) is 1.27. The van der Waals surface area contributed by atoms with Gasteiger partial charge >= 0.3 is 5.97 Å². The van der Waals surface area contributed by atoms with E-state index in [1.165, 1.54) is 13.1 Å². The lowest BCUT2D eigenvalue weighted by molar-refractivity contribution is -0.137. The van der Waals surface area contributed by atoms with Gasteiger partial charge in [0, 0.05) is 18.2 Å². The molecule has 6 heteroatoms. The van der Waals surface area contributed by atoms with Crippen LogP contribution in [0, 0.1) is 5.41 Å². The summed E-state index contributed by atoms with van der Waals surface area (Å²) in [5.74, 6) is -0.679. The number of esters is 1. The first-order valence-corrected chi connectivity index (χ1v) is 8.61. The van der Waals surface area contributed by atoms with E-state index in [9.17, 15) is 15.0 Å². The predicted molar refractivity (Wildman–Crippen MR) is 104 cm³/mol. The average molecular weight is 368 g/mol. The summed E-state index contributed by atoms with van der Waals surface area (Å²) in [7, 11) is 0. The summed E-state index contributed by atoms with van der Waals surface area (Å²) >= 11 is 0. The molecule has 6 nitrogen and oxygen atoms in total. The number of hydrogen-bond acceptors (Lipinski definition) is 6. The number of para-hydroxylation sites is 1. The molecule has 2 unspecified atom stereocenters. The highest BCUT2D eigenvalue weighted by Gasteiger charge is 2.31. The van der Waals surface area contributed by atoms with E-state index in [4.69, 9.17) is 10.1 Å². The predicted octanol–water partition coefficient (Wildman–Crippen LogP) is 3.10. The molecule has 0 saturated carbocycles. The maximum atomic E-state index is 12.0. The van der Waals surface area contributed by atoms with Crippen LogP contribution < -0.4 is 0 Å². The van der Waals surface area contributed by atoms with Gasteiger partial charge in [0.1, 0.15) is 18.1 Å². The van der Waals surface area contributed by atoms with Crippen molar-refractivity contribution in [2.45, 2.75) is 38.5 Å². The fourth-order valence-electron chi connectivity index (χ4n) is 2.34. The number of ether oxygens (including phenoxy) is 1. The van der Waals surface area contributed by atoms with Crippen LogP contribution in [-0.2, 0) is 16.1 Å². The van der Waals surface area contributed by atoms with Crippen molar-refractivity contribution in [2.24, 2.45) is 4.99 Å². The number of hydrogen-bond donors (Lipinski definition) is 3. The molecule has 3 N–H and O–H groups in total. The van der Waals surface area contributed by atoms with Crippen molar-refractivity contribution in [3.8, 4) is 5.75 Å². The third-order valence-electron chi connectivity index (χ3n) is 4.27. The highest BCUT2D eigenvalue weighted by atomic mass is 16.5. The number of rotatable bonds is 8. The third-order valence-corrected chi connectivity index (χ3v) is 4.27. The van der Waals surface area contributed by atoms with Gasteiger partial charge in [-0.1, -0.05) is 42.5 Å². The minimum absolute atomic E-state index is 0.0746. The van der Waals surface area contributed by atoms with Crippen LogP contribution in [0.4, 0.5) is 0 Å². The Morgan fingerprint density at radius 2 is 1.85 bits per heavy atom. The molecule has 142 valence electrons. The first kappa shape index (κ1) is 20.3. The van der Waals surface area contributed by atoms with Crippen LogP contribution in [0.15, 0.2) is 59.6 Å². The number of benzene rings is 2. The summed E-state index contributed by atoms with van der Waals surface area (Å²) in [5.41, 5.74) is -0.381. The molecule has 0 aliphatic rings. The molecule has 0 bridgehead atoms. The van der Waals surface area contributed by atoms with E-state index in [0.29, 0.717) is 5.56 Å². The Morgan fingerprint density at radius 3 is 2.52 bits per heavy atom. The number of aromatic hydroxyl groups is 1. The van der Waals surface area contributed by atoms with E-state index < -0.39 is 17.6 Å². The molecule has 0 spiro atoms. The second kappa shape index (κ2) is 9.09. The zero-order chi connectivity index (χ0) is 19.9. The van der Waals surface area contributed by atoms with Crippen LogP contribution in [0.2, 0.25) is 0 Å². The van der Waals surface area contributed by atoms with Gasteiger partial charge in [0.15, 0.2) is 0 Å². The van der Waals surface area contributed by atoms with E-state index in [1.54, 1.807) is 31.2 Å². The van der Waals surface area contributed by atoms with Crippen molar-refractivity contribution in [3.63, 3.8) is 0 Å². The Bertz CT molecular complexity index is 816. The first-order chi connectivity index (χ1) is 12.8. The molecular weight excluding hydrogens is 344 g/mol. The van der Waals surface area contributed by atoms with Crippen LogP contribution in [0.3, 0.4) is 0 Å². The molecule has 0 radical (unpaired) electrons. The Kier molecular flexibility index (Phi) is 6.85. The molecule has 2 aromatic carbocycles. The molecule has 0 amide bonds. The Balaban J connectivity index is 1.92. The lowest BCUT2D eigenvalue weighted by Gasteiger charge is -2.27. The standard InChI is InChI=1S/C21H24N2O4/c1-15(23-13-17-10-6-7-11-19(17)24)21(2,26)12-18(22)20(25)27-14-16-8-4-3-5-9-16/h3-11,13,15,22,24,26H,12,14H2,1-2H3. The van der Waals surface area contributed by atoms with Crippen molar-refractivity contribution in [3.05, 3.63) is 65.7 Å². The number of phenolic OH excluding ortho intramolecular Hbond substituents is 1. The monoisotopic (exact) mass is 368 g/mol. The largest absolute Gasteiger partial charge is 0.507 e. The zero-order valence-corrected chi connectivity index (χ0v) is 15.4. The highest BCUT2D eigenvalue weighted by Crippen LogP contribution is 2.20. The number of aliphatic imine (C=N–C) groups is 1. The van der Waals surface area contributed by atoms with Crippen molar-refractivity contribution < 1.29 is 19.7 Å². The minimum Gasteiger partial charge on any atom is -0.507 e. The summed E-state index contributed by atoms with van der Waals surface area (Å²) < 4.78 is 5.11. The number of nitrogens with one attached hydrogen (secondary N) is 1. The normalized spacial score (nSPS) is 14.5. The topological polar surface area (TPSA) is 103 Å².